The highest BCUT2D eigenvalue weighted by atomic mass is 79.9. The van der Waals surface area contributed by atoms with E-state index < -0.39 is 31.5 Å². The first kappa shape index (κ1) is 14.7. The Morgan fingerprint density at radius 3 is 2.65 bits per heavy atom. The summed E-state index contributed by atoms with van der Waals surface area (Å²) in [7, 11) is -4.98. The van der Waals surface area contributed by atoms with Gasteiger partial charge in [0, 0.05) is 33.8 Å². The molecule has 1 N–H and O–H groups in total. The fourth-order valence-electron chi connectivity index (χ4n) is 1.09. The average molecular weight is 344 g/mol. The summed E-state index contributed by atoms with van der Waals surface area (Å²) >= 11 is 3.04. The average Bonchev–Trinajstić information content (AvgIpc) is 2.15. The maximum atomic E-state index is 13.4. The molecule has 1 aromatic carbocycles. The number of nitrogens with one attached hydrogen (secondary N) is 1. The lowest BCUT2D eigenvalue weighted by Gasteiger charge is -2.07. The van der Waals surface area contributed by atoms with Gasteiger partial charge in [0.15, 0.2) is 0 Å². The summed E-state index contributed by atoms with van der Waals surface area (Å²) in [6.45, 7) is 0.0148. The van der Waals surface area contributed by atoms with E-state index in [1.807, 2.05) is 0 Å². The Morgan fingerprint density at radius 2 is 2.12 bits per heavy atom. The minimum atomic E-state index is -3.88. The van der Waals surface area contributed by atoms with Crippen molar-refractivity contribution in [2.45, 2.75) is 4.90 Å². The zero-order valence-corrected chi connectivity index (χ0v) is 12.2. The minimum absolute atomic E-state index is 0.0148. The number of halogens is 2. The van der Waals surface area contributed by atoms with Crippen molar-refractivity contribution >= 4 is 36.8 Å². The van der Waals surface area contributed by atoms with Crippen molar-refractivity contribution in [3.8, 4) is 0 Å². The van der Waals surface area contributed by atoms with Gasteiger partial charge in [-0.1, -0.05) is 15.9 Å². The first-order valence-corrected chi connectivity index (χ1v) is 8.58. The van der Waals surface area contributed by atoms with Crippen LogP contribution in [-0.4, -0.2) is 31.2 Å². The lowest BCUT2D eigenvalue weighted by atomic mass is 10.3. The molecule has 1 aromatic rings. The third-order valence-electron chi connectivity index (χ3n) is 1.87. The molecule has 0 aliphatic heterocycles. The second kappa shape index (κ2) is 6.03. The minimum Gasteiger partial charge on any atom is -0.260 e. The van der Waals surface area contributed by atoms with Crippen molar-refractivity contribution in [3.63, 3.8) is 0 Å². The van der Waals surface area contributed by atoms with E-state index in [0.717, 1.165) is 6.07 Å². The van der Waals surface area contributed by atoms with Gasteiger partial charge >= 0.3 is 0 Å². The highest BCUT2D eigenvalue weighted by molar-refractivity contribution is 9.10. The van der Waals surface area contributed by atoms with Gasteiger partial charge in [0.05, 0.1) is 0 Å². The Labute approximate surface area is 110 Å². The summed E-state index contributed by atoms with van der Waals surface area (Å²) < 4.78 is 50.2. The number of sulfonamides is 1. The predicted molar refractivity (Wildman–Crippen MR) is 68.2 cm³/mol. The van der Waals surface area contributed by atoms with Gasteiger partial charge in [-0.15, -0.1) is 0 Å². The molecule has 8 heteroatoms. The highest BCUT2D eigenvalue weighted by Crippen LogP contribution is 2.18. The second-order valence-corrected chi connectivity index (χ2v) is 7.46. The number of hydrogen-bond acceptors (Lipinski definition) is 3. The molecule has 1 atom stereocenters. The third kappa shape index (κ3) is 4.46. The Bertz CT molecular complexity index is 533. The van der Waals surface area contributed by atoms with Crippen molar-refractivity contribution in [2.75, 3.05) is 18.6 Å². The zero-order valence-electron chi connectivity index (χ0n) is 8.94. The molecule has 0 bridgehead atoms. The standard InChI is InChI=1S/C9H11BrFNO3S2/c1-16(13)5-4-12-17(14,15)9-3-2-7(10)6-8(9)11/h2-3,6,12H,4-5H2,1H3. The highest BCUT2D eigenvalue weighted by Gasteiger charge is 2.18. The van der Waals surface area contributed by atoms with Crippen LogP contribution in [0.3, 0.4) is 0 Å². The third-order valence-corrected chi connectivity index (χ3v) is 4.63. The van der Waals surface area contributed by atoms with E-state index in [9.17, 15) is 17.0 Å². The van der Waals surface area contributed by atoms with Crippen molar-refractivity contribution < 1.29 is 17.0 Å². The van der Waals surface area contributed by atoms with Gasteiger partial charge in [-0.05, 0) is 18.2 Å². The van der Waals surface area contributed by atoms with Crippen molar-refractivity contribution in [1.82, 2.24) is 4.72 Å². The molecule has 0 heterocycles. The summed E-state index contributed by atoms with van der Waals surface area (Å²) in [5.41, 5.74) is 0. The first-order valence-electron chi connectivity index (χ1n) is 4.57. The van der Waals surface area contributed by atoms with Crippen LogP contribution in [0.5, 0.6) is 0 Å². The molecular weight excluding hydrogens is 333 g/mol. The Balaban J connectivity index is 2.86. The molecule has 0 aliphatic rings. The van der Waals surface area contributed by atoms with Crippen LogP contribution in [0.15, 0.2) is 27.6 Å². The summed E-state index contributed by atoms with van der Waals surface area (Å²) in [6.07, 6.45) is 1.47. The van der Waals surface area contributed by atoms with Gasteiger partial charge in [-0.3, -0.25) is 4.21 Å². The van der Waals surface area contributed by atoms with E-state index in [1.165, 1.54) is 18.4 Å². The van der Waals surface area contributed by atoms with Crippen LogP contribution < -0.4 is 4.72 Å². The van der Waals surface area contributed by atoms with Crippen LogP contribution >= 0.6 is 15.9 Å². The molecule has 0 saturated heterocycles. The lowest BCUT2D eigenvalue weighted by Crippen LogP contribution is -2.28. The van der Waals surface area contributed by atoms with E-state index >= 15 is 0 Å². The van der Waals surface area contributed by atoms with Crippen LogP contribution in [0.25, 0.3) is 0 Å². The Morgan fingerprint density at radius 1 is 1.47 bits per heavy atom. The molecule has 0 saturated carbocycles. The van der Waals surface area contributed by atoms with Gasteiger partial charge < -0.3 is 0 Å². The van der Waals surface area contributed by atoms with E-state index in [2.05, 4.69) is 20.7 Å². The topological polar surface area (TPSA) is 63.2 Å². The zero-order chi connectivity index (χ0) is 13.1. The van der Waals surface area contributed by atoms with Crippen LogP contribution in [0.1, 0.15) is 0 Å². The van der Waals surface area contributed by atoms with Crippen LogP contribution in [0.4, 0.5) is 4.39 Å². The first-order chi connectivity index (χ1) is 7.83. The molecule has 0 aliphatic carbocycles. The fourth-order valence-corrected chi connectivity index (χ4v) is 3.03. The SMILES string of the molecule is CS(=O)CCNS(=O)(=O)c1ccc(Br)cc1F. The molecule has 0 aromatic heterocycles. The lowest BCUT2D eigenvalue weighted by molar-refractivity contribution is 0.558. The van der Waals surface area contributed by atoms with Gasteiger partial charge in [0.25, 0.3) is 0 Å². The molecule has 1 unspecified atom stereocenters. The quantitative estimate of drug-likeness (QED) is 0.874. The summed E-state index contributed by atoms with van der Waals surface area (Å²) in [6, 6.07) is 3.69. The number of benzene rings is 1. The maximum Gasteiger partial charge on any atom is 0.243 e. The van der Waals surface area contributed by atoms with E-state index in [1.54, 1.807) is 0 Å². The monoisotopic (exact) mass is 343 g/mol. The smallest absolute Gasteiger partial charge is 0.243 e. The molecule has 1 rings (SSSR count). The normalized spacial score (nSPS) is 13.6. The van der Waals surface area contributed by atoms with Crippen molar-refractivity contribution in [3.05, 3.63) is 28.5 Å². The second-order valence-electron chi connectivity index (χ2n) is 3.25. The van der Waals surface area contributed by atoms with Crippen LogP contribution in [0.2, 0.25) is 0 Å². The Hall–Kier alpha value is -0.310. The molecule has 0 fully saturated rings. The molecule has 0 spiro atoms. The molecular formula is C9H11BrFNO3S2. The molecule has 96 valence electrons. The van der Waals surface area contributed by atoms with Gasteiger partial charge in [-0.25, -0.2) is 17.5 Å². The van der Waals surface area contributed by atoms with Gasteiger partial charge in [-0.2, -0.15) is 0 Å². The maximum absolute atomic E-state index is 13.4. The van der Waals surface area contributed by atoms with E-state index in [-0.39, 0.29) is 12.3 Å². The predicted octanol–water partition coefficient (Wildman–Crippen LogP) is 1.24. The molecule has 0 radical (unpaired) electrons. The summed E-state index contributed by atoms with van der Waals surface area (Å²) in [5.74, 6) is -0.637. The fraction of sp³-hybridized carbons (Fsp3) is 0.333. The van der Waals surface area contributed by atoms with Gasteiger partial charge in [0.2, 0.25) is 10.0 Å². The molecule has 4 nitrogen and oxygen atoms in total. The van der Waals surface area contributed by atoms with E-state index in [4.69, 9.17) is 0 Å². The van der Waals surface area contributed by atoms with Crippen molar-refractivity contribution in [1.29, 1.82) is 0 Å². The van der Waals surface area contributed by atoms with Gasteiger partial charge in [0.1, 0.15) is 10.7 Å². The summed E-state index contributed by atoms with van der Waals surface area (Å²) in [4.78, 5) is -0.414. The Kier molecular flexibility index (Phi) is 5.23. The summed E-state index contributed by atoms with van der Waals surface area (Å²) in [5, 5.41) is 0. The number of rotatable bonds is 5. The number of hydrogen-bond donors (Lipinski definition) is 1. The molecule has 17 heavy (non-hydrogen) atoms. The van der Waals surface area contributed by atoms with E-state index in [0.29, 0.717) is 4.47 Å². The van der Waals surface area contributed by atoms with Crippen LogP contribution in [-0.2, 0) is 20.8 Å². The van der Waals surface area contributed by atoms with Crippen LogP contribution in [0, 0.1) is 5.82 Å². The van der Waals surface area contributed by atoms with Crippen molar-refractivity contribution in [2.24, 2.45) is 0 Å². The molecule has 0 amide bonds. The largest absolute Gasteiger partial charge is 0.260 e.